The molecule has 1 atom stereocenters. The van der Waals surface area contributed by atoms with Gasteiger partial charge in [0, 0.05) is 29.7 Å². The number of nitrogens with zero attached hydrogens (tertiary/aromatic N) is 1. The quantitative estimate of drug-likeness (QED) is 0.502. The highest BCUT2D eigenvalue weighted by Crippen LogP contribution is 2.33. The number of hydrogen-bond donors (Lipinski definition) is 3. The summed E-state index contributed by atoms with van der Waals surface area (Å²) in [7, 11) is 0. The maximum absolute atomic E-state index is 12.7. The Labute approximate surface area is 154 Å². The molecule has 0 saturated carbocycles. The molecule has 6 heteroatoms. The maximum atomic E-state index is 12.7. The fourth-order valence-corrected chi connectivity index (χ4v) is 3.85. The van der Waals surface area contributed by atoms with Crippen molar-refractivity contribution >= 4 is 33.3 Å². The molecule has 0 aliphatic carbocycles. The van der Waals surface area contributed by atoms with Gasteiger partial charge in [0.05, 0.1) is 10.9 Å². The first-order valence-corrected chi connectivity index (χ1v) is 9.21. The summed E-state index contributed by atoms with van der Waals surface area (Å²) in [6.45, 7) is 0.266. The minimum absolute atomic E-state index is 0.0892. The third kappa shape index (κ3) is 3.12. The Hall–Kier alpha value is -2.96. The molecule has 0 aliphatic rings. The van der Waals surface area contributed by atoms with Crippen LogP contribution in [0.2, 0.25) is 0 Å². The molecule has 4 rings (SSSR count). The summed E-state index contributed by atoms with van der Waals surface area (Å²) in [6, 6.07) is 15.6. The van der Waals surface area contributed by atoms with E-state index in [0.29, 0.717) is 0 Å². The molecule has 0 spiro atoms. The summed E-state index contributed by atoms with van der Waals surface area (Å²) in [5.74, 6) is -0.451. The second kappa shape index (κ2) is 7.11. The molecule has 1 aromatic carbocycles. The molecule has 1 unspecified atom stereocenters. The molecule has 0 aliphatic heterocycles. The van der Waals surface area contributed by atoms with Crippen molar-refractivity contribution in [2.24, 2.45) is 5.73 Å². The van der Waals surface area contributed by atoms with E-state index >= 15 is 0 Å². The van der Waals surface area contributed by atoms with Crippen molar-refractivity contribution < 1.29 is 4.79 Å². The Balaban J connectivity index is 1.57. The molecule has 0 bridgehead atoms. The number of rotatable bonds is 5. The van der Waals surface area contributed by atoms with Crippen molar-refractivity contribution in [3.8, 4) is 11.1 Å². The van der Waals surface area contributed by atoms with Gasteiger partial charge in [-0.15, -0.1) is 11.3 Å². The van der Waals surface area contributed by atoms with E-state index in [1.54, 1.807) is 6.20 Å². The van der Waals surface area contributed by atoms with E-state index in [0.717, 1.165) is 32.7 Å². The SMILES string of the molecule is NCC(C(=O)Nc1cc(-c2ccnc3[nH]ccc23)cs1)c1ccccc1. The number of thiophene rings is 1. The van der Waals surface area contributed by atoms with Crippen LogP contribution >= 0.6 is 11.3 Å². The van der Waals surface area contributed by atoms with E-state index in [4.69, 9.17) is 5.73 Å². The number of carbonyl (C=O) groups is 1. The van der Waals surface area contributed by atoms with Crippen LogP contribution in [-0.4, -0.2) is 22.4 Å². The smallest absolute Gasteiger partial charge is 0.233 e. The summed E-state index contributed by atoms with van der Waals surface area (Å²) in [5.41, 5.74) is 9.76. The van der Waals surface area contributed by atoms with E-state index in [9.17, 15) is 4.79 Å². The monoisotopic (exact) mass is 362 g/mol. The van der Waals surface area contributed by atoms with Gasteiger partial charge in [-0.25, -0.2) is 4.98 Å². The van der Waals surface area contributed by atoms with Crippen LogP contribution in [0.25, 0.3) is 22.2 Å². The standard InChI is InChI=1S/C20H18N4OS/c21-11-17(13-4-2-1-3-5-13)20(25)24-18-10-14(12-26-18)15-6-8-22-19-16(15)7-9-23-19/h1-10,12,17H,11,21H2,(H,22,23)(H,24,25). The van der Waals surface area contributed by atoms with Gasteiger partial charge < -0.3 is 16.0 Å². The van der Waals surface area contributed by atoms with Crippen molar-refractivity contribution in [2.45, 2.75) is 5.92 Å². The number of aromatic amines is 1. The van der Waals surface area contributed by atoms with Crippen molar-refractivity contribution in [1.82, 2.24) is 9.97 Å². The molecule has 26 heavy (non-hydrogen) atoms. The summed E-state index contributed by atoms with van der Waals surface area (Å²) in [6.07, 6.45) is 3.66. The highest BCUT2D eigenvalue weighted by atomic mass is 32.1. The van der Waals surface area contributed by atoms with Crippen LogP contribution in [0.5, 0.6) is 0 Å². The molecule has 4 N–H and O–H groups in total. The topological polar surface area (TPSA) is 83.8 Å². The van der Waals surface area contributed by atoms with Crippen LogP contribution in [0, 0.1) is 0 Å². The Kier molecular flexibility index (Phi) is 4.51. The fraction of sp³-hybridized carbons (Fsp3) is 0.100. The maximum Gasteiger partial charge on any atom is 0.233 e. The van der Waals surface area contributed by atoms with Crippen molar-refractivity contribution in [3.05, 3.63) is 71.9 Å². The number of pyridine rings is 1. The molecule has 1 amide bonds. The van der Waals surface area contributed by atoms with Crippen LogP contribution in [0.1, 0.15) is 11.5 Å². The second-order valence-electron chi connectivity index (χ2n) is 5.99. The van der Waals surface area contributed by atoms with E-state index in [-0.39, 0.29) is 18.4 Å². The van der Waals surface area contributed by atoms with Gasteiger partial charge in [-0.1, -0.05) is 30.3 Å². The summed E-state index contributed by atoms with van der Waals surface area (Å²) in [5, 5.41) is 6.91. The van der Waals surface area contributed by atoms with Gasteiger partial charge in [0.25, 0.3) is 0 Å². The summed E-state index contributed by atoms with van der Waals surface area (Å²) in [4.78, 5) is 20.1. The fourth-order valence-electron chi connectivity index (χ4n) is 3.04. The van der Waals surface area contributed by atoms with E-state index in [1.807, 2.05) is 60.1 Å². The number of nitrogens with two attached hydrogens (primary N) is 1. The van der Waals surface area contributed by atoms with Crippen LogP contribution in [-0.2, 0) is 4.79 Å². The lowest BCUT2D eigenvalue weighted by Gasteiger charge is -2.14. The van der Waals surface area contributed by atoms with Gasteiger partial charge in [-0.05, 0) is 34.9 Å². The van der Waals surface area contributed by atoms with Gasteiger partial charge >= 0.3 is 0 Å². The normalized spacial score (nSPS) is 12.2. The van der Waals surface area contributed by atoms with Crippen LogP contribution in [0.4, 0.5) is 5.00 Å². The highest BCUT2D eigenvalue weighted by molar-refractivity contribution is 7.14. The lowest BCUT2D eigenvalue weighted by molar-refractivity contribution is -0.117. The largest absolute Gasteiger partial charge is 0.346 e. The number of aromatic nitrogens is 2. The number of anilines is 1. The van der Waals surface area contributed by atoms with Crippen LogP contribution < -0.4 is 11.1 Å². The third-order valence-corrected chi connectivity index (χ3v) is 5.22. The summed E-state index contributed by atoms with van der Waals surface area (Å²) < 4.78 is 0. The number of carbonyl (C=O) groups excluding carboxylic acids is 1. The Morgan fingerprint density at radius 1 is 1.23 bits per heavy atom. The molecule has 0 saturated heterocycles. The number of nitrogens with one attached hydrogen (secondary N) is 2. The predicted molar refractivity (Wildman–Crippen MR) is 106 cm³/mol. The van der Waals surface area contributed by atoms with Gasteiger partial charge in [0.15, 0.2) is 0 Å². The number of fused-ring (bicyclic) bond motifs is 1. The number of H-pyrrole nitrogens is 1. The average molecular weight is 362 g/mol. The first-order valence-electron chi connectivity index (χ1n) is 8.33. The van der Waals surface area contributed by atoms with Crippen LogP contribution in [0.15, 0.2) is 66.3 Å². The molecule has 5 nitrogen and oxygen atoms in total. The molecule has 0 fully saturated rings. The molecule has 130 valence electrons. The first kappa shape index (κ1) is 16.5. The average Bonchev–Trinajstić information content (AvgIpc) is 3.32. The minimum Gasteiger partial charge on any atom is -0.346 e. The van der Waals surface area contributed by atoms with Crippen molar-refractivity contribution in [3.63, 3.8) is 0 Å². The summed E-state index contributed by atoms with van der Waals surface area (Å²) >= 11 is 1.50. The zero-order chi connectivity index (χ0) is 17.9. The minimum atomic E-state index is -0.362. The lowest BCUT2D eigenvalue weighted by Crippen LogP contribution is -2.27. The lowest BCUT2D eigenvalue weighted by atomic mass is 9.98. The van der Waals surface area contributed by atoms with Crippen molar-refractivity contribution in [2.75, 3.05) is 11.9 Å². The first-order chi connectivity index (χ1) is 12.8. The number of benzene rings is 1. The Morgan fingerprint density at radius 2 is 2.08 bits per heavy atom. The number of amides is 1. The van der Waals surface area contributed by atoms with E-state index in [2.05, 4.69) is 15.3 Å². The van der Waals surface area contributed by atoms with E-state index < -0.39 is 0 Å². The van der Waals surface area contributed by atoms with Gasteiger partial charge in [0.1, 0.15) is 5.65 Å². The highest BCUT2D eigenvalue weighted by Gasteiger charge is 2.19. The molecule has 3 heterocycles. The van der Waals surface area contributed by atoms with Gasteiger partial charge in [-0.3, -0.25) is 4.79 Å². The van der Waals surface area contributed by atoms with Crippen LogP contribution in [0.3, 0.4) is 0 Å². The van der Waals surface area contributed by atoms with Gasteiger partial charge in [0.2, 0.25) is 5.91 Å². The van der Waals surface area contributed by atoms with Crippen molar-refractivity contribution in [1.29, 1.82) is 0 Å². The van der Waals surface area contributed by atoms with Gasteiger partial charge in [-0.2, -0.15) is 0 Å². The predicted octanol–water partition coefficient (Wildman–Crippen LogP) is 3.97. The molecule has 0 radical (unpaired) electrons. The Morgan fingerprint density at radius 3 is 2.88 bits per heavy atom. The van der Waals surface area contributed by atoms with E-state index in [1.165, 1.54) is 11.3 Å². The molecule has 3 aromatic heterocycles. The molecular weight excluding hydrogens is 344 g/mol. The zero-order valence-corrected chi connectivity index (χ0v) is 14.8. The molecule has 4 aromatic rings. The third-order valence-electron chi connectivity index (χ3n) is 4.37. The second-order valence-corrected chi connectivity index (χ2v) is 6.90. The molecular formula is C20H18N4OS. The zero-order valence-electron chi connectivity index (χ0n) is 14.0. The number of hydrogen-bond acceptors (Lipinski definition) is 4. The Bertz CT molecular complexity index is 1040.